The standard InChI is InChI=1S/C10H20O8P2/c1-3-5-9(11)19(13,14)17-7-8-18-20(15,16)10(12)6-4-2/h3-8H2,1-2H3,(H,13,14)(H,15,16). The van der Waals surface area contributed by atoms with Crippen LogP contribution < -0.4 is 0 Å². The van der Waals surface area contributed by atoms with Crippen molar-refractivity contribution in [3.63, 3.8) is 0 Å². The molecule has 0 aromatic carbocycles. The molecule has 2 unspecified atom stereocenters. The topological polar surface area (TPSA) is 127 Å². The lowest BCUT2D eigenvalue weighted by Gasteiger charge is -2.12. The summed E-state index contributed by atoms with van der Waals surface area (Å²) in [6.45, 7) is 2.27. The summed E-state index contributed by atoms with van der Waals surface area (Å²) < 4.78 is 31.7. The molecule has 0 aromatic heterocycles. The minimum absolute atomic E-state index is 0.0951. The predicted octanol–water partition coefficient (Wildman–Crippen LogP) is 2.04. The Morgan fingerprint density at radius 2 is 1.15 bits per heavy atom. The maximum Gasteiger partial charge on any atom is 0.394 e. The van der Waals surface area contributed by atoms with Crippen LogP contribution in [0.1, 0.15) is 39.5 Å². The van der Waals surface area contributed by atoms with Crippen molar-refractivity contribution in [2.75, 3.05) is 13.2 Å². The van der Waals surface area contributed by atoms with Crippen LogP contribution in [0.3, 0.4) is 0 Å². The molecule has 0 aliphatic heterocycles. The fourth-order valence-corrected chi connectivity index (χ4v) is 3.12. The van der Waals surface area contributed by atoms with Crippen LogP contribution in [-0.2, 0) is 27.8 Å². The van der Waals surface area contributed by atoms with Crippen molar-refractivity contribution in [2.45, 2.75) is 39.5 Å². The summed E-state index contributed by atoms with van der Waals surface area (Å²) >= 11 is 0. The first-order chi connectivity index (χ1) is 9.17. The van der Waals surface area contributed by atoms with E-state index in [0.29, 0.717) is 12.8 Å². The average Bonchev–Trinajstić information content (AvgIpc) is 2.35. The van der Waals surface area contributed by atoms with E-state index in [4.69, 9.17) is 0 Å². The Morgan fingerprint density at radius 3 is 1.40 bits per heavy atom. The molecule has 0 spiro atoms. The number of hydrogen-bond donors (Lipinski definition) is 2. The summed E-state index contributed by atoms with van der Waals surface area (Å²) in [4.78, 5) is 41.0. The molecule has 0 saturated carbocycles. The van der Waals surface area contributed by atoms with Gasteiger partial charge < -0.3 is 18.8 Å². The van der Waals surface area contributed by atoms with E-state index in [9.17, 15) is 28.5 Å². The Labute approximate surface area is 117 Å². The zero-order valence-corrected chi connectivity index (χ0v) is 13.3. The molecule has 0 aliphatic carbocycles. The van der Waals surface area contributed by atoms with E-state index < -0.39 is 39.5 Å². The van der Waals surface area contributed by atoms with E-state index in [-0.39, 0.29) is 12.8 Å². The van der Waals surface area contributed by atoms with E-state index in [1.165, 1.54) is 0 Å². The molecular formula is C10H20O8P2. The van der Waals surface area contributed by atoms with Crippen molar-refractivity contribution >= 4 is 26.2 Å². The van der Waals surface area contributed by atoms with Crippen LogP contribution in [0.4, 0.5) is 0 Å². The highest BCUT2D eigenvalue weighted by Gasteiger charge is 2.31. The molecule has 0 heterocycles. The molecule has 0 aliphatic rings. The lowest BCUT2D eigenvalue weighted by molar-refractivity contribution is -0.114. The van der Waals surface area contributed by atoms with Crippen LogP contribution >= 0.6 is 15.2 Å². The van der Waals surface area contributed by atoms with Gasteiger partial charge in [-0.25, -0.2) is 0 Å². The van der Waals surface area contributed by atoms with E-state index in [1.54, 1.807) is 13.8 Å². The Bertz CT molecular complexity index is 393. The highest BCUT2D eigenvalue weighted by molar-refractivity contribution is 7.71. The lowest BCUT2D eigenvalue weighted by atomic mass is 10.4. The molecule has 0 radical (unpaired) electrons. The summed E-state index contributed by atoms with van der Waals surface area (Å²) in [5.74, 6) is 0. The van der Waals surface area contributed by atoms with Crippen molar-refractivity contribution in [3.05, 3.63) is 0 Å². The molecule has 8 nitrogen and oxygen atoms in total. The second-order valence-electron chi connectivity index (χ2n) is 3.99. The first-order valence-corrected chi connectivity index (χ1v) is 9.34. The van der Waals surface area contributed by atoms with Crippen LogP contribution in [0.2, 0.25) is 0 Å². The Hall–Kier alpha value is -0.360. The third-order valence-electron chi connectivity index (χ3n) is 2.17. The molecular weight excluding hydrogens is 310 g/mol. The largest absolute Gasteiger partial charge is 0.394 e. The van der Waals surface area contributed by atoms with Gasteiger partial charge in [-0.1, -0.05) is 13.8 Å². The minimum Gasteiger partial charge on any atom is -0.319 e. The van der Waals surface area contributed by atoms with Gasteiger partial charge in [-0.05, 0) is 12.8 Å². The third-order valence-corrected chi connectivity index (χ3v) is 4.95. The number of carbonyl (C=O) groups excluding carboxylic acids is 2. The molecule has 10 heteroatoms. The molecule has 0 rings (SSSR count). The maximum absolute atomic E-state index is 11.4. The quantitative estimate of drug-likeness (QED) is 0.435. The van der Waals surface area contributed by atoms with Crippen LogP contribution in [0.5, 0.6) is 0 Å². The molecule has 0 bridgehead atoms. The second-order valence-corrected chi connectivity index (χ2v) is 7.59. The zero-order chi connectivity index (χ0) is 15.8. The van der Waals surface area contributed by atoms with Gasteiger partial charge in [-0.2, -0.15) is 0 Å². The Balaban J connectivity index is 4.20. The van der Waals surface area contributed by atoms with Crippen LogP contribution in [0.25, 0.3) is 0 Å². The Morgan fingerprint density at radius 1 is 0.850 bits per heavy atom. The molecule has 2 N–H and O–H groups in total. The van der Waals surface area contributed by atoms with Crippen LogP contribution in [-0.4, -0.2) is 34.0 Å². The highest BCUT2D eigenvalue weighted by Crippen LogP contribution is 2.46. The summed E-state index contributed by atoms with van der Waals surface area (Å²) in [6.07, 6.45) is 0.617. The van der Waals surface area contributed by atoms with Gasteiger partial charge in [0, 0.05) is 12.8 Å². The van der Waals surface area contributed by atoms with Crippen LogP contribution in [0.15, 0.2) is 0 Å². The average molecular weight is 330 g/mol. The summed E-state index contributed by atoms with van der Waals surface area (Å²) in [5.41, 5.74) is -1.84. The molecule has 118 valence electrons. The van der Waals surface area contributed by atoms with E-state index in [0.717, 1.165) is 0 Å². The summed E-state index contributed by atoms with van der Waals surface area (Å²) in [5, 5.41) is 0. The van der Waals surface area contributed by atoms with Gasteiger partial charge in [0.2, 0.25) is 11.0 Å². The van der Waals surface area contributed by atoms with Crippen molar-refractivity contribution in [1.82, 2.24) is 0 Å². The molecule has 2 atom stereocenters. The fraction of sp³-hybridized carbons (Fsp3) is 0.800. The van der Waals surface area contributed by atoms with Crippen molar-refractivity contribution in [3.8, 4) is 0 Å². The lowest BCUT2D eigenvalue weighted by Crippen LogP contribution is -2.09. The molecule has 0 fully saturated rings. The first kappa shape index (κ1) is 19.6. The predicted molar refractivity (Wildman–Crippen MR) is 71.4 cm³/mol. The first-order valence-electron chi connectivity index (χ1n) is 6.18. The summed E-state index contributed by atoms with van der Waals surface area (Å²) in [7, 11) is -8.79. The Kier molecular flexibility index (Phi) is 8.66. The highest BCUT2D eigenvalue weighted by atomic mass is 31.2. The van der Waals surface area contributed by atoms with Gasteiger partial charge in [0.05, 0.1) is 13.2 Å². The van der Waals surface area contributed by atoms with E-state index in [1.807, 2.05) is 0 Å². The molecule has 20 heavy (non-hydrogen) atoms. The van der Waals surface area contributed by atoms with Gasteiger partial charge >= 0.3 is 15.2 Å². The van der Waals surface area contributed by atoms with E-state index >= 15 is 0 Å². The van der Waals surface area contributed by atoms with Gasteiger partial charge in [0.25, 0.3) is 0 Å². The number of carbonyl (C=O) groups is 2. The van der Waals surface area contributed by atoms with Gasteiger partial charge in [0.15, 0.2) is 0 Å². The van der Waals surface area contributed by atoms with Gasteiger partial charge in [-0.3, -0.25) is 18.7 Å². The molecule has 0 amide bonds. The minimum atomic E-state index is -4.39. The monoisotopic (exact) mass is 330 g/mol. The smallest absolute Gasteiger partial charge is 0.319 e. The molecule has 0 aromatic rings. The van der Waals surface area contributed by atoms with Crippen LogP contribution in [0, 0.1) is 0 Å². The van der Waals surface area contributed by atoms with Crippen molar-refractivity contribution in [2.24, 2.45) is 0 Å². The third kappa shape index (κ3) is 6.88. The summed E-state index contributed by atoms with van der Waals surface area (Å²) in [6, 6.07) is 0. The molecule has 0 saturated heterocycles. The van der Waals surface area contributed by atoms with Crippen molar-refractivity contribution < 1.29 is 37.6 Å². The van der Waals surface area contributed by atoms with Gasteiger partial charge in [-0.15, -0.1) is 0 Å². The fourth-order valence-electron chi connectivity index (χ4n) is 1.18. The van der Waals surface area contributed by atoms with Crippen molar-refractivity contribution in [1.29, 1.82) is 0 Å². The number of rotatable bonds is 11. The van der Waals surface area contributed by atoms with E-state index in [2.05, 4.69) is 9.05 Å². The van der Waals surface area contributed by atoms with Gasteiger partial charge in [0.1, 0.15) is 0 Å². The second kappa shape index (κ2) is 8.82. The normalized spacial score (nSPS) is 17.2. The number of hydrogen-bond acceptors (Lipinski definition) is 6. The maximum atomic E-state index is 11.4. The SMILES string of the molecule is CCCC(=O)P(=O)(O)OCCOP(=O)(O)C(=O)CCC. The zero-order valence-electron chi connectivity index (χ0n) is 11.5.